The van der Waals surface area contributed by atoms with Crippen molar-refractivity contribution >= 4 is 23.8 Å². The highest BCUT2D eigenvalue weighted by molar-refractivity contribution is 6.00. The summed E-state index contributed by atoms with van der Waals surface area (Å²) in [6, 6.07) is 4.70. The molecule has 1 aromatic carbocycles. The predicted octanol–water partition coefficient (Wildman–Crippen LogP) is 1.76. The number of carbonyl (C=O) groups excluding carboxylic acids is 3. The van der Waals surface area contributed by atoms with Crippen molar-refractivity contribution < 1.29 is 18.8 Å². The summed E-state index contributed by atoms with van der Waals surface area (Å²) in [4.78, 5) is 35.0. The van der Waals surface area contributed by atoms with Gasteiger partial charge in [-0.05, 0) is 30.5 Å². The lowest BCUT2D eigenvalue weighted by Gasteiger charge is -2.23. The van der Waals surface area contributed by atoms with E-state index < -0.39 is 11.7 Å². The molecule has 0 aliphatic carbocycles. The molecule has 2 amide bonds. The van der Waals surface area contributed by atoms with Gasteiger partial charge in [0.2, 0.25) is 11.8 Å². The normalized spacial score (nSPS) is 18.0. The molecule has 0 aromatic heterocycles. The Hall–Kier alpha value is -2.24. The molecule has 118 valence electrons. The van der Waals surface area contributed by atoms with Gasteiger partial charge in [0, 0.05) is 26.4 Å². The summed E-state index contributed by atoms with van der Waals surface area (Å²) in [5.41, 5.74) is 1.01. The van der Waals surface area contributed by atoms with Crippen LogP contribution >= 0.6 is 0 Å². The number of imide groups is 1. The molecule has 1 aliphatic heterocycles. The van der Waals surface area contributed by atoms with Gasteiger partial charge >= 0.3 is 0 Å². The first kappa shape index (κ1) is 16.1. The Morgan fingerprint density at radius 2 is 2.18 bits per heavy atom. The molecule has 1 unspecified atom stereocenters. The maximum Gasteiger partial charge on any atom is 0.234 e. The fourth-order valence-electron chi connectivity index (χ4n) is 2.59. The number of rotatable bonds is 6. The van der Waals surface area contributed by atoms with Gasteiger partial charge in [-0.2, -0.15) is 0 Å². The van der Waals surface area contributed by atoms with Crippen LogP contribution < -0.4 is 10.2 Å². The summed E-state index contributed by atoms with van der Waals surface area (Å²) in [7, 11) is 1.76. The summed E-state index contributed by atoms with van der Waals surface area (Å²) in [5.74, 6) is -1.55. The molecule has 1 atom stereocenters. The molecule has 1 aromatic rings. The van der Waals surface area contributed by atoms with Crippen molar-refractivity contribution in [2.45, 2.75) is 31.6 Å². The van der Waals surface area contributed by atoms with Crippen LogP contribution in [0.4, 0.5) is 10.1 Å². The number of halogens is 1. The molecule has 5 nitrogen and oxygen atoms in total. The van der Waals surface area contributed by atoms with Gasteiger partial charge in [0.15, 0.2) is 0 Å². The molecule has 1 heterocycles. The molecule has 2 rings (SSSR count). The second-order valence-electron chi connectivity index (χ2n) is 5.44. The fourth-order valence-corrected chi connectivity index (χ4v) is 2.59. The van der Waals surface area contributed by atoms with E-state index in [4.69, 9.17) is 0 Å². The number of nitrogens with one attached hydrogen (secondary N) is 1. The van der Waals surface area contributed by atoms with Crippen molar-refractivity contribution in [1.29, 1.82) is 0 Å². The van der Waals surface area contributed by atoms with Crippen LogP contribution in [-0.4, -0.2) is 31.7 Å². The number of aldehydes is 1. The van der Waals surface area contributed by atoms with Crippen LogP contribution in [0.5, 0.6) is 0 Å². The van der Waals surface area contributed by atoms with E-state index in [9.17, 15) is 18.8 Å². The van der Waals surface area contributed by atoms with Gasteiger partial charge in [-0.3, -0.25) is 14.9 Å². The lowest BCUT2D eigenvalue weighted by Crippen LogP contribution is -2.39. The lowest BCUT2D eigenvalue weighted by atomic mass is 9.90. The maximum atomic E-state index is 14.3. The Morgan fingerprint density at radius 3 is 2.82 bits per heavy atom. The molecule has 1 saturated heterocycles. The van der Waals surface area contributed by atoms with Crippen molar-refractivity contribution in [3.05, 3.63) is 29.6 Å². The Morgan fingerprint density at radius 1 is 1.41 bits per heavy atom. The first-order valence-corrected chi connectivity index (χ1v) is 7.31. The number of amides is 2. The highest BCUT2D eigenvalue weighted by Gasteiger charge is 2.28. The SMILES string of the molecule is CN(CCCC=O)c1ccc(C2CCC(=O)NC2=O)cc1F. The number of anilines is 1. The number of hydrogen-bond acceptors (Lipinski definition) is 4. The quantitative estimate of drug-likeness (QED) is 0.494. The van der Waals surface area contributed by atoms with Crippen molar-refractivity contribution in [2.75, 3.05) is 18.5 Å². The Labute approximate surface area is 128 Å². The van der Waals surface area contributed by atoms with Gasteiger partial charge in [-0.15, -0.1) is 0 Å². The number of unbranched alkanes of at least 4 members (excludes halogenated alkanes) is 1. The zero-order chi connectivity index (χ0) is 16.1. The zero-order valence-corrected chi connectivity index (χ0v) is 12.5. The topological polar surface area (TPSA) is 66.5 Å². The van der Waals surface area contributed by atoms with Crippen molar-refractivity contribution in [3.63, 3.8) is 0 Å². The summed E-state index contributed by atoms with van der Waals surface area (Å²) < 4.78 is 14.3. The molecule has 6 heteroatoms. The van der Waals surface area contributed by atoms with E-state index in [2.05, 4.69) is 5.32 Å². The summed E-state index contributed by atoms with van der Waals surface area (Å²) in [5, 5.41) is 2.28. The highest BCUT2D eigenvalue weighted by atomic mass is 19.1. The third-order valence-electron chi connectivity index (χ3n) is 3.84. The number of nitrogens with zero attached hydrogens (tertiary/aromatic N) is 1. The van der Waals surface area contributed by atoms with Crippen LogP contribution in [0.15, 0.2) is 18.2 Å². The predicted molar refractivity (Wildman–Crippen MR) is 80.1 cm³/mol. The van der Waals surface area contributed by atoms with Gasteiger partial charge in [-0.25, -0.2) is 4.39 Å². The molecule has 0 radical (unpaired) electrons. The third kappa shape index (κ3) is 3.69. The largest absolute Gasteiger partial charge is 0.372 e. The Balaban J connectivity index is 2.10. The molecule has 1 N–H and O–H groups in total. The Kier molecular flexibility index (Phi) is 5.25. The van der Waals surface area contributed by atoms with Crippen LogP contribution in [0.2, 0.25) is 0 Å². The van der Waals surface area contributed by atoms with E-state index in [0.717, 1.165) is 6.29 Å². The third-order valence-corrected chi connectivity index (χ3v) is 3.84. The van der Waals surface area contributed by atoms with E-state index in [0.29, 0.717) is 37.1 Å². The van der Waals surface area contributed by atoms with Crippen LogP contribution in [0, 0.1) is 5.82 Å². The smallest absolute Gasteiger partial charge is 0.234 e. The Bertz CT molecular complexity index is 589. The van der Waals surface area contributed by atoms with E-state index in [1.807, 2.05) is 0 Å². The minimum absolute atomic E-state index is 0.269. The molecule has 0 bridgehead atoms. The summed E-state index contributed by atoms with van der Waals surface area (Å²) >= 11 is 0. The van der Waals surface area contributed by atoms with Gasteiger partial charge < -0.3 is 9.69 Å². The second-order valence-corrected chi connectivity index (χ2v) is 5.44. The van der Waals surface area contributed by atoms with E-state index >= 15 is 0 Å². The molecular formula is C16H19FN2O3. The minimum Gasteiger partial charge on any atom is -0.372 e. The van der Waals surface area contributed by atoms with Crippen molar-refractivity contribution in [1.82, 2.24) is 5.32 Å². The standard InChI is InChI=1S/C16H19FN2O3/c1-19(8-2-3-9-20)14-6-4-11(10-13(14)17)12-5-7-15(21)18-16(12)22/h4,6,9-10,12H,2-3,5,7-8H2,1H3,(H,18,21,22). The number of piperidine rings is 1. The van der Waals surface area contributed by atoms with Gasteiger partial charge in [0.1, 0.15) is 12.1 Å². The molecular weight excluding hydrogens is 287 g/mol. The number of benzene rings is 1. The van der Waals surface area contributed by atoms with Crippen molar-refractivity contribution in [2.24, 2.45) is 0 Å². The lowest BCUT2D eigenvalue weighted by molar-refractivity contribution is -0.134. The summed E-state index contributed by atoms with van der Waals surface area (Å²) in [6.07, 6.45) is 2.62. The van der Waals surface area contributed by atoms with Crippen LogP contribution in [0.25, 0.3) is 0 Å². The number of carbonyl (C=O) groups is 3. The van der Waals surface area contributed by atoms with Crippen molar-refractivity contribution in [3.8, 4) is 0 Å². The molecule has 1 fully saturated rings. The van der Waals surface area contributed by atoms with E-state index in [1.165, 1.54) is 6.07 Å². The summed E-state index contributed by atoms with van der Waals surface area (Å²) in [6.45, 7) is 0.577. The van der Waals surface area contributed by atoms with Gasteiger partial charge in [0.05, 0.1) is 11.6 Å². The molecule has 0 saturated carbocycles. The van der Waals surface area contributed by atoms with Crippen LogP contribution in [0.3, 0.4) is 0 Å². The average Bonchev–Trinajstić information content (AvgIpc) is 2.47. The molecule has 0 spiro atoms. The van der Waals surface area contributed by atoms with E-state index in [-0.39, 0.29) is 18.2 Å². The fraction of sp³-hybridized carbons (Fsp3) is 0.438. The van der Waals surface area contributed by atoms with Crippen LogP contribution in [-0.2, 0) is 14.4 Å². The number of hydrogen-bond donors (Lipinski definition) is 1. The maximum absolute atomic E-state index is 14.3. The molecule has 1 aliphatic rings. The monoisotopic (exact) mass is 306 g/mol. The second kappa shape index (κ2) is 7.15. The highest BCUT2D eigenvalue weighted by Crippen LogP contribution is 2.28. The minimum atomic E-state index is -0.485. The van der Waals surface area contributed by atoms with E-state index in [1.54, 1.807) is 24.1 Å². The molecule has 22 heavy (non-hydrogen) atoms. The first-order valence-electron chi connectivity index (χ1n) is 7.31. The van der Waals surface area contributed by atoms with Gasteiger partial charge in [0.25, 0.3) is 0 Å². The first-order chi connectivity index (χ1) is 10.5. The average molecular weight is 306 g/mol. The van der Waals surface area contributed by atoms with Gasteiger partial charge in [-0.1, -0.05) is 6.07 Å². The van der Waals surface area contributed by atoms with Crippen LogP contribution in [0.1, 0.15) is 37.2 Å². The zero-order valence-electron chi connectivity index (χ0n) is 12.5.